The second-order valence-corrected chi connectivity index (χ2v) is 11.7. The number of rotatable bonds is 9. The van der Waals surface area contributed by atoms with Gasteiger partial charge >= 0.3 is 0 Å². The van der Waals surface area contributed by atoms with E-state index in [1.54, 1.807) is 0 Å². The molecule has 0 unspecified atom stereocenters. The van der Waals surface area contributed by atoms with Crippen LogP contribution in [0.4, 0.5) is 0 Å². The summed E-state index contributed by atoms with van der Waals surface area (Å²) in [5.41, 5.74) is 3.39. The molecule has 0 N–H and O–H groups in total. The Morgan fingerprint density at radius 1 is 1.05 bits per heavy atom. The molecule has 0 spiro atoms. The maximum Gasteiger partial charge on any atom is 0.225 e. The lowest BCUT2D eigenvalue weighted by atomic mass is 9.87. The quantitative estimate of drug-likeness (QED) is 0.403. The summed E-state index contributed by atoms with van der Waals surface area (Å²) in [6.45, 7) is 11.5. The Bertz CT molecular complexity index is 1240. The van der Waals surface area contributed by atoms with E-state index < -0.39 is 0 Å². The average molecular weight is 531 g/mol. The molecule has 2 aliphatic rings. The minimum atomic E-state index is -0.193. The molecule has 2 saturated heterocycles. The summed E-state index contributed by atoms with van der Waals surface area (Å²) in [5, 5.41) is 1.18. The van der Waals surface area contributed by atoms with Crippen molar-refractivity contribution in [2.75, 3.05) is 53.0 Å². The number of hydrogen-bond acceptors (Lipinski definition) is 6. The van der Waals surface area contributed by atoms with Crippen LogP contribution in [0.2, 0.25) is 0 Å². The molecule has 2 aromatic carbocycles. The summed E-state index contributed by atoms with van der Waals surface area (Å²) >= 11 is 0. The molecular formula is C32H42N4O3. The van der Waals surface area contributed by atoms with E-state index in [2.05, 4.69) is 89.1 Å². The van der Waals surface area contributed by atoms with Gasteiger partial charge < -0.3 is 14.4 Å². The number of pyridine rings is 1. The maximum absolute atomic E-state index is 13.0. The molecule has 0 radical (unpaired) electrons. The standard InChI is InChI=1S/C32H42N4O3/c1-32(2)22-28(12-19-39-32)31(37)36-16-14-35(15-17-36)18-20-38-29-9-6-25(7-10-29)23-34(3)24-26-8-11-30-27(21-26)5-4-13-33-30/h4-11,13,21,28H,12,14-20,22-24H2,1-3H3/t28-/m0/s1. The lowest BCUT2D eigenvalue weighted by Crippen LogP contribution is -2.52. The predicted octanol–water partition coefficient (Wildman–Crippen LogP) is 4.60. The Kier molecular flexibility index (Phi) is 8.80. The van der Waals surface area contributed by atoms with Crippen LogP contribution in [0.25, 0.3) is 10.9 Å². The Morgan fingerprint density at radius 2 is 1.79 bits per heavy atom. The topological polar surface area (TPSA) is 58.1 Å². The van der Waals surface area contributed by atoms with Gasteiger partial charge in [-0.3, -0.25) is 19.6 Å². The number of piperazine rings is 1. The molecule has 1 aromatic heterocycles. The monoisotopic (exact) mass is 530 g/mol. The molecule has 39 heavy (non-hydrogen) atoms. The summed E-state index contributed by atoms with van der Waals surface area (Å²) in [4.78, 5) is 24.2. The molecule has 7 heteroatoms. The number of fused-ring (bicyclic) bond motifs is 1. The number of nitrogens with zero attached hydrogens (tertiary/aromatic N) is 4. The molecule has 208 valence electrons. The molecular weight excluding hydrogens is 488 g/mol. The van der Waals surface area contributed by atoms with Crippen LogP contribution >= 0.6 is 0 Å². The smallest absolute Gasteiger partial charge is 0.225 e. The predicted molar refractivity (Wildman–Crippen MR) is 155 cm³/mol. The highest BCUT2D eigenvalue weighted by atomic mass is 16.5. The van der Waals surface area contributed by atoms with Crippen LogP contribution in [0.1, 0.15) is 37.8 Å². The van der Waals surface area contributed by atoms with Gasteiger partial charge in [0.15, 0.2) is 0 Å². The van der Waals surface area contributed by atoms with Crippen molar-refractivity contribution >= 4 is 16.8 Å². The summed E-state index contributed by atoms with van der Waals surface area (Å²) in [5.74, 6) is 1.31. The zero-order valence-corrected chi connectivity index (χ0v) is 23.6. The van der Waals surface area contributed by atoms with Crippen LogP contribution < -0.4 is 4.74 Å². The van der Waals surface area contributed by atoms with E-state index in [0.717, 1.165) is 69.9 Å². The number of benzene rings is 2. The van der Waals surface area contributed by atoms with Gasteiger partial charge in [-0.15, -0.1) is 0 Å². The molecule has 3 heterocycles. The van der Waals surface area contributed by atoms with Crippen molar-refractivity contribution in [1.82, 2.24) is 19.7 Å². The zero-order chi connectivity index (χ0) is 27.2. The lowest BCUT2D eigenvalue weighted by molar-refractivity contribution is -0.147. The fourth-order valence-corrected chi connectivity index (χ4v) is 5.78. The highest BCUT2D eigenvalue weighted by Crippen LogP contribution is 2.30. The van der Waals surface area contributed by atoms with Gasteiger partial charge in [0.05, 0.1) is 11.1 Å². The van der Waals surface area contributed by atoms with Gasteiger partial charge in [-0.1, -0.05) is 24.3 Å². The SMILES string of the molecule is CN(Cc1ccc(OCCN2CCN(C(=O)[C@H]3CCOC(C)(C)C3)CC2)cc1)Cc1ccc2ncccc2c1. The van der Waals surface area contributed by atoms with E-state index in [4.69, 9.17) is 9.47 Å². The minimum absolute atomic E-state index is 0.0997. The van der Waals surface area contributed by atoms with Crippen molar-refractivity contribution in [1.29, 1.82) is 0 Å². The number of ether oxygens (including phenoxy) is 2. The summed E-state index contributed by atoms with van der Waals surface area (Å²) in [6, 6.07) is 19.0. The molecule has 1 atom stereocenters. The van der Waals surface area contributed by atoms with E-state index in [1.165, 1.54) is 16.5 Å². The van der Waals surface area contributed by atoms with Gasteiger partial charge in [0.2, 0.25) is 5.91 Å². The minimum Gasteiger partial charge on any atom is -0.492 e. The summed E-state index contributed by atoms with van der Waals surface area (Å²) in [7, 11) is 2.15. The van der Waals surface area contributed by atoms with Crippen LogP contribution in [0.15, 0.2) is 60.8 Å². The first-order valence-corrected chi connectivity index (χ1v) is 14.2. The fourth-order valence-electron chi connectivity index (χ4n) is 5.78. The van der Waals surface area contributed by atoms with Crippen LogP contribution in [-0.4, -0.2) is 84.2 Å². The van der Waals surface area contributed by atoms with E-state index in [-0.39, 0.29) is 11.5 Å². The average Bonchev–Trinajstić information content (AvgIpc) is 2.93. The number of amides is 1. The second kappa shape index (κ2) is 12.5. The van der Waals surface area contributed by atoms with E-state index >= 15 is 0 Å². The number of carbonyl (C=O) groups excluding carboxylic acids is 1. The van der Waals surface area contributed by atoms with Gasteiger partial charge in [-0.2, -0.15) is 0 Å². The van der Waals surface area contributed by atoms with E-state index in [1.807, 2.05) is 12.3 Å². The molecule has 1 amide bonds. The van der Waals surface area contributed by atoms with Crippen LogP contribution in [0.3, 0.4) is 0 Å². The summed E-state index contributed by atoms with van der Waals surface area (Å²) in [6.07, 6.45) is 3.49. The third kappa shape index (κ3) is 7.56. The Labute approximate surface area is 232 Å². The highest BCUT2D eigenvalue weighted by Gasteiger charge is 2.35. The number of aromatic nitrogens is 1. The second-order valence-electron chi connectivity index (χ2n) is 11.7. The van der Waals surface area contributed by atoms with Gasteiger partial charge in [0.25, 0.3) is 0 Å². The Morgan fingerprint density at radius 3 is 2.56 bits per heavy atom. The molecule has 5 rings (SSSR count). The maximum atomic E-state index is 13.0. The van der Waals surface area contributed by atoms with E-state index in [9.17, 15) is 4.79 Å². The van der Waals surface area contributed by atoms with Crippen molar-refractivity contribution < 1.29 is 14.3 Å². The van der Waals surface area contributed by atoms with Gasteiger partial charge in [-0.05, 0) is 75.2 Å². The van der Waals surface area contributed by atoms with Crippen molar-refractivity contribution in [3.63, 3.8) is 0 Å². The third-order valence-electron chi connectivity index (χ3n) is 7.90. The van der Waals surface area contributed by atoms with Crippen molar-refractivity contribution in [3.8, 4) is 5.75 Å². The first-order valence-electron chi connectivity index (χ1n) is 14.2. The van der Waals surface area contributed by atoms with Crippen molar-refractivity contribution in [3.05, 3.63) is 71.9 Å². The van der Waals surface area contributed by atoms with Crippen molar-refractivity contribution in [2.24, 2.45) is 5.92 Å². The fraction of sp³-hybridized carbons (Fsp3) is 0.500. The van der Waals surface area contributed by atoms with Crippen LogP contribution in [0, 0.1) is 5.92 Å². The van der Waals surface area contributed by atoms with Crippen LogP contribution in [0.5, 0.6) is 5.75 Å². The van der Waals surface area contributed by atoms with Crippen LogP contribution in [-0.2, 0) is 22.6 Å². The first kappa shape index (κ1) is 27.6. The molecule has 0 saturated carbocycles. The third-order valence-corrected chi connectivity index (χ3v) is 7.90. The molecule has 0 aliphatic carbocycles. The molecule has 2 fully saturated rings. The molecule has 7 nitrogen and oxygen atoms in total. The summed E-state index contributed by atoms with van der Waals surface area (Å²) < 4.78 is 11.8. The van der Waals surface area contributed by atoms with Gasteiger partial charge in [0.1, 0.15) is 12.4 Å². The van der Waals surface area contributed by atoms with Gasteiger partial charge in [-0.25, -0.2) is 0 Å². The molecule has 2 aliphatic heterocycles. The van der Waals surface area contributed by atoms with Gasteiger partial charge in [0, 0.05) is 69.9 Å². The molecule has 3 aromatic rings. The largest absolute Gasteiger partial charge is 0.492 e. The van der Waals surface area contributed by atoms with E-state index in [0.29, 0.717) is 19.1 Å². The first-order chi connectivity index (χ1) is 18.8. The zero-order valence-electron chi connectivity index (χ0n) is 23.6. The number of carbonyl (C=O) groups is 1. The lowest BCUT2D eigenvalue weighted by Gasteiger charge is -2.40. The highest BCUT2D eigenvalue weighted by molar-refractivity contribution is 5.79. The Balaban J connectivity index is 1.01. The molecule has 0 bridgehead atoms. The normalized spacial score (nSPS) is 19.9. The number of hydrogen-bond donors (Lipinski definition) is 0. The Hall–Kier alpha value is -3.00. The van der Waals surface area contributed by atoms with Crippen molar-refractivity contribution in [2.45, 2.75) is 45.4 Å².